The lowest BCUT2D eigenvalue weighted by Gasteiger charge is -2.28. The molecule has 23 heavy (non-hydrogen) atoms. The number of aromatic nitrogens is 1. The van der Waals surface area contributed by atoms with Gasteiger partial charge in [-0.25, -0.2) is 0 Å². The second-order valence-electron chi connectivity index (χ2n) is 6.16. The van der Waals surface area contributed by atoms with Crippen molar-refractivity contribution in [2.24, 2.45) is 0 Å². The van der Waals surface area contributed by atoms with Crippen LogP contribution in [0.5, 0.6) is 0 Å². The van der Waals surface area contributed by atoms with E-state index < -0.39 is 11.5 Å². The van der Waals surface area contributed by atoms with Crippen LogP contribution in [0.25, 0.3) is 11.3 Å². The number of rotatable bonds is 5. The normalized spacial score (nSPS) is 16.2. The number of carbonyl (C=O) groups excluding carboxylic acids is 1. The Labute approximate surface area is 134 Å². The maximum Gasteiger partial charge on any atom is 0.305 e. The summed E-state index contributed by atoms with van der Waals surface area (Å²) >= 11 is 0. The van der Waals surface area contributed by atoms with E-state index in [2.05, 4.69) is 10.3 Å². The van der Waals surface area contributed by atoms with Gasteiger partial charge in [-0.3, -0.25) is 9.59 Å². The Morgan fingerprint density at radius 2 is 1.78 bits per heavy atom. The van der Waals surface area contributed by atoms with Crippen LogP contribution >= 0.6 is 0 Å². The molecule has 0 saturated heterocycles. The summed E-state index contributed by atoms with van der Waals surface area (Å²) in [5.41, 5.74) is 1.73. The van der Waals surface area contributed by atoms with Crippen LogP contribution in [0.1, 0.15) is 42.6 Å². The molecule has 2 aromatic rings. The Morgan fingerprint density at radius 3 is 2.43 bits per heavy atom. The average molecular weight is 312 g/mol. The Bertz CT molecular complexity index is 700. The van der Waals surface area contributed by atoms with Crippen LogP contribution in [0.4, 0.5) is 0 Å². The number of aliphatic carboxylic acids is 1. The number of nitrogens with one attached hydrogen (secondary N) is 2. The van der Waals surface area contributed by atoms with E-state index in [1.165, 1.54) is 0 Å². The molecule has 1 amide bonds. The zero-order chi connectivity index (χ0) is 16.3. The Hall–Kier alpha value is -2.56. The minimum Gasteiger partial charge on any atom is -0.481 e. The predicted molar refractivity (Wildman–Crippen MR) is 87.1 cm³/mol. The number of amides is 1. The van der Waals surface area contributed by atoms with E-state index >= 15 is 0 Å². The molecule has 1 saturated carbocycles. The molecule has 5 heteroatoms. The van der Waals surface area contributed by atoms with Crippen molar-refractivity contribution in [3.63, 3.8) is 0 Å². The Morgan fingerprint density at radius 1 is 1.09 bits per heavy atom. The summed E-state index contributed by atoms with van der Waals surface area (Å²) in [7, 11) is 0. The van der Waals surface area contributed by atoms with Crippen molar-refractivity contribution in [1.29, 1.82) is 0 Å². The monoisotopic (exact) mass is 312 g/mol. The van der Waals surface area contributed by atoms with Gasteiger partial charge in [0, 0.05) is 5.69 Å². The lowest BCUT2D eigenvalue weighted by molar-refractivity contribution is -0.138. The molecule has 5 nitrogen and oxygen atoms in total. The lowest BCUT2D eigenvalue weighted by atomic mass is 9.93. The molecule has 0 spiro atoms. The quantitative estimate of drug-likeness (QED) is 0.793. The molecule has 0 aliphatic heterocycles. The van der Waals surface area contributed by atoms with Gasteiger partial charge in [-0.1, -0.05) is 43.2 Å². The summed E-state index contributed by atoms with van der Waals surface area (Å²) in [6, 6.07) is 13.4. The van der Waals surface area contributed by atoms with E-state index in [-0.39, 0.29) is 12.3 Å². The molecule has 1 aromatic carbocycles. The van der Waals surface area contributed by atoms with E-state index in [0.29, 0.717) is 5.69 Å². The molecule has 1 aliphatic carbocycles. The zero-order valence-electron chi connectivity index (χ0n) is 12.8. The molecular formula is C18H20N2O3. The highest BCUT2D eigenvalue weighted by Crippen LogP contribution is 2.33. The fourth-order valence-electron chi connectivity index (χ4n) is 3.31. The first-order chi connectivity index (χ1) is 11.1. The van der Waals surface area contributed by atoms with Crippen LogP contribution in [-0.2, 0) is 4.79 Å². The predicted octanol–water partition coefficient (Wildman–Crippen LogP) is 3.20. The summed E-state index contributed by atoms with van der Waals surface area (Å²) in [5, 5.41) is 12.1. The molecule has 0 atom stereocenters. The van der Waals surface area contributed by atoms with Crippen LogP contribution < -0.4 is 5.32 Å². The second kappa shape index (κ2) is 6.28. The lowest BCUT2D eigenvalue weighted by Crippen LogP contribution is -2.47. The zero-order valence-corrected chi connectivity index (χ0v) is 12.8. The first-order valence-electron chi connectivity index (χ1n) is 7.87. The van der Waals surface area contributed by atoms with Crippen LogP contribution in [0.15, 0.2) is 42.5 Å². The van der Waals surface area contributed by atoms with E-state index in [9.17, 15) is 9.59 Å². The molecule has 3 N–H and O–H groups in total. The number of carboxylic acids is 1. The van der Waals surface area contributed by atoms with Crippen LogP contribution in [0, 0.1) is 0 Å². The SMILES string of the molecule is O=C(O)CC1(NC(=O)c2ccc(-c3ccccc3)[nH]2)CCCC1. The number of hydrogen-bond donors (Lipinski definition) is 3. The minimum atomic E-state index is -0.872. The van der Waals surface area contributed by atoms with Crippen molar-refractivity contribution in [2.45, 2.75) is 37.6 Å². The molecule has 0 radical (unpaired) electrons. The van der Waals surface area contributed by atoms with Crippen molar-refractivity contribution in [3.05, 3.63) is 48.2 Å². The van der Waals surface area contributed by atoms with Crippen molar-refractivity contribution >= 4 is 11.9 Å². The van der Waals surface area contributed by atoms with Gasteiger partial charge in [-0.2, -0.15) is 0 Å². The van der Waals surface area contributed by atoms with Crippen molar-refractivity contribution in [1.82, 2.24) is 10.3 Å². The van der Waals surface area contributed by atoms with E-state index in [1.807, 2.05) is 36.4 Å². The van der Waals surface area contributed by atoms with Crippen LogP contribution in [0.3, 0.4) is 0 Å². The molecule has 1 fully saturated rings. The standard InChI is InChI=1S/C18H20N2O3/c21-16(22)12-18(10-4-5-11-18)20-17(23)15-9-8-14(19-15)13-6-2-1-3-7-13/h1-3,6-9,19H,4-5,10-12H2,(H,20,23)(H,21,22). The van der Waals surface area contributed by atoms with Crippen molar-refractivity contribution in [3.8, 4) is 11.3 Å². The van der Waals surface area contributed by atoms with E-state index in [1.54, 1.807) is 6.07 Å². The average Bonchev–Trinajstić information content (AvgIpc) is 3.17. The molecule has 3 rings (SSSR count). The number of H-pyrrole nitrogens is 1. The second-order valence-corrected chi connectivity index (χ2v) is 6.16. The number of carboxylic acid groups (broad SMARTS) is 1. The van der Waals surface area contributed by atoms with Gasteiger partial charge in [-0.05, 0) is 30.5 Å². The van der Waals surface area contributed by atoms with Crippen LogP contribution in [0.2, 0.25) is 0 Å². The summed E-state index contributed by atoms with van der Waals surface area (Å²) in [5.74, 6) is -1.11. The number of aromatic amines is 1. The van der Waals surface area contributed by atoms with Gasteiger partial charge >= 0.3 is 5.97 Å². The third-order valence-corrected chi connectivity index (χ3v) is 4.44. The maximum atomic E-state index is 12.5. The minimum absolute atomic E-state index is 0.0228. The Balaban J connectivity index is 1.76. The summed E-state index contributed by atoms with van der Waals surface area (Å²) in [6.07, 6.45) is 3.32. The van der Waals surface area contributed by atoms with Gasteiger partial charge in [0.15, 0.2) is 0 Å². The number of hydrogen-bond acceptors (Lipinski definition) is 2. The van der Waals surface area contributed by atoms with E-state index in [4.69, 9.17) is 5.11 Å². The maximum absolute atomic E-state index is 12.5. The van der Waals surface area contributed by atoms with Gasteiger partial charge in [-0.15, -0.1) is 0 Å². The Kier molecular flexibility index (Phi) is 4.19. The molecular weight excluding hydrogens is 292 g/mol. The fraction of sp³-hybridized carbons (Fsp3) is 0.333. The van der Waals surface area contributed by atoms with Gasteiger partial charge in [0.05, 0.1) is 12.0 Å². The van der Waals surface area contributed by atoms with Crippen molar-refractivity contribution < 1.29 is 14.7 Å². The summed E-state index contributed by atoms with van der Waals surface area (Å²) in [6.45, 7) is 0. The van der Waals surface area contributed by atoms with E-state index in [0.717, 1.165) is 36.9 Å². The summed E-state index contributed by atoms with van der Waals surface area (Å²) < 4.78 is 0. The molecule has 1 aliphatic rings. The highest BCUT2D eigenvalue weighted by molar-refractivity contribution is 5.94. The largest absolute Gasteiger partial charge is 0.481 e. The highest BCUT2D eigenvalue weighted by Gasteiger charge is 2.37. The van der Waals surface area contributed by atoms with Gasteiger partial charge in [0.1, 0.15) is 5.69 Å². The number of benzene rings is 1. The molecule has 1 heterocycles. The fourth-order valence-corrected chi connectivity index (χ4v) is 3.31. The smallest absolute Gasteiger partial charge is 0.305 e. The number of carbonyl (C=O) groups is 2. The third kappa shape index (κ3) is 3.44. The summed E-state index contributed by atoms with van der Waals surface area (Å²) in [4.78, 5) is 26.7. The highest BCUT2D eigenvalue weighted by atomic mass is 16.4. The van der Waals surface area contributed by atoms with Gasteiger partial charge in [0.2, 0.25) is 0 Å². The van der Waals surface area contributed by atoms with Gasteiger partial charge < -0.3 is 15.4 Å². The first-order valence-corrected chi connectivity index (χ1v) is 7.87. The topological polar surface area (TPSA) is 82.2 Å². The molecule has 120 valence electrons. The third-order valence-electron chi connectivity index (χ3n) is 4.44. The van der Waals surface area contributed by atoms with Crippen molar-refractivity contribution in [2.75, 3.05) is 0 Å². The van der Waals surface area contributed by atoms with Gasteiger partial charge in [0.25, 0.3) is 5.91 Å². The first kappa shape index (κ1) is 15.3. The van der Waals surface area contributed by atoms with Crippen LogP contribution in [-0.4, -0.2) is 27.5 Å². The molecule has 1 aromatic heterocycles. The molecule has 0 unspecified atom stereocenters. The molecule has 0 bridgehead atoms.